The third kappa shape index (κ3) is 4.20. The number of fused-ring (bicyclic) bond motifs is 1. The van der Waals surface area contributed by atoms with E-state index in [0.717, 1.165) is 23.4 Å². The summed E-state index contributed by atoms with van der Waals surface area (Å²) in [7, 11) is 5.83. The second kappa shape index (κ2) is 8.76. The summed E-state index contributed by atoms with van der Waals surface area (Å²) >= 11 is 0. The predicted molar refractivity (Wildman–Crippen MR) is 115 cm³/mol. The Kier molecular flexibility index (Phi) is 6.47. The van der Waals surface area contributed by atoms with Crippen molar-refractivity contribution in [3.63, 3.8) is 0 Å². The highest BCUT2D eigenvalue weighted by Gasteiger charge is 2.47. The Morgan fingerprint density at radius 2 is 2.03 bits per heavy atom. The Morgan fingerprint density at radius 1 is 1.32 bits per heavy atom. The van der Waals surface area contributed by atoms with E-state index in [1.165, 1.54) is 4.90 Å². The minimum Gasteiger partial charge on any atom is -0.530 e. The molecule has 9 nitrogen and oxygen atoms in total. The zero-order chi connectivity index (χ0) is 22.9. The molecular formula is C22H31N5O4. The smallest absolute Gasteiger partial charge is 0.315 e. The lowest BCUT2D eigenvalue weighted by Gasteiger charge is -2.46. The first-order valence-electron chi connectivity index (χ1n) is 10.6. The van der Waals surface area contributed by atoms with E-state index in [0.29, 0.717) is 31.1 Å². The first kappa shape index (κ1) is 22.9. The molecule has 1 unspecified atom stereocenters. The van der Waals surface area contributed by atoms with E-state index in [9.17, 15) is 14.7 Å². The van der Waals surface area contributed by atoms with E-state index in [4.69, 9.17) is 4.52 Å². The second-order valence-electron chi connectivity index (χ2n) is 8.59. The molecule has 0 radical (unpaired) electrons. The van der Waals surface area contributed by atoms with Crippen LogP contribution >= 0.6 is 0 Å². The van der Waals surface area contributed by atoms with Crippen LogP contribution in [0.15, 0.2) is 22.7 Å². The van der Waals surface area contributed by atoms with Gasteiger partial charge in [0.1, 0.15) is 11.8 Å². The highest BCUT2D eigenvalue weighted by molar-refractivity contribution is 5.89. The summed E-state index contributed by atoms with van der Waals surface area (Å²) in [4.78, 5) is 32.3. The summed E-state index contributed by atoms with van der Waals surface area (Å²) in [6.07, 6.45) is -0.0756. The van der Waals surface area contributed by atoms with E-state index in [1.807, 2.05) is 51.2 Å². The SMILES string of the molecule is CCN(C(=O)[O-])[C@@H]1C[C@H](C)[N+](C)(C(C)=O)c2ccc(-c3noc(CCN(C)C)n3)cc21. The van der Waals surface area contributed by atoms with Crippen LogP contribution in [0.25, 0.3) is 11.4 Å². The molecule has 0 aliphatic carbocycles. The number of aromatic nitrogens is 2. The lowest BCUT2D eigenvalue weighted by molar-refractivity contribution is -0.268. The van der Waals surface area contributed by atoms with Gasteiger partial charge >= 0.3 is 5.91 Å². The molecule has 3 rings (SSSR count). The Morgan fingerprint density at radius 3 is 2.61 bits per heavy atom. The summed E-state index contributed by atoms with van der Waals surface area (Å²) in [6, 6.07) is 5.14. The summed E-state index contributed by atoms with van der Waals surface area (Å²) < 4.78 is 5.49. The molecule has 2 amide bonds. The maximum absolute atomic E-state index is 12.6. The molecule has 0 saturated carbocycles. The van der Waals surface area contributed by atoms with Crippen molar-refractivity contribution in [2.75, 3.05) is 34.2 Å². The van der Waals surface area contributed by atoms with Gasteiger partial charge in [0.05, 0.1) is 26.1 Å². The van der Waals surface area contributed by atoms with Gasteiger partial charge in [-0.2, -0.15) is 4.98 Å². The molecule has 0 bridgehead atoms. The normalized spacial score (nSPS) is 22.9. The van der Waals surface area contributed by atoms with E-state index in [1.54, 1.807) is 13.8 Å². The quantitative estimate of drug-likeness (QED) is 0.645. The van der Waals surface area contributed by atoms with Gasteiger partial charge in [-0.25, -0.2) is 9.28 Å². The number of quaternary nitrogens is 1. The Hall–Kier alpha value is -2.78. The molecule has 168 valence electrons. The molecule has 2 aromatic rings. The summed E-state index contributed by atoms with van der Waals surface area (Å²) in [6.45, 7) is 6.42. The molecule has 1 aromatic carbocycles. The zero-order valence-electron chi connectivity index (χ0n) is 19.1. The van der Waals surface area contributed by atoms with Gasteiger partial charge in [-0.15, -0.1) is 0 Å². The number of carboxylic acid groups (broad SMARTS) is 1. The number of carbonyl (C=O) groups excluding carboxylic acids is 2. The lowest BCUT2D eigenvalue weighted by atomic mass is 9.87. The number of hydrogen-bond acceptors (Lipinski definition) is 7. The fourth-order valence-corrected chi connectivity index (χ4v) is 4.33. The number of amides is 2. The predicted octanol–water partition coefficient (Wildman–Crippen LogP) is 1.82. The molecule has 0 spiro atoms. The maximum atomic E-state index is 12.6. The third-order valence-corrected chi connectivity index (χ3v) is 6.44. The largest absolute Gasteiger partial charge is 0.530 e. The van der Waals surface area contributed by atoms with Gasteiger partial charge in [-0.1, -0.05) is 5.16 Å². The fraction of sp³-hybridized carbons (Fsp3) is 0.545. The van der Waals surface area contributed by atoms with Gasteiger partial charge in [0.2, 0.25) is 11.7 Å². The minimum atomic E-state index is -1.22. The fourth-order valence-electron chi connectivity index (χ4n) is 4.33. The molecule has 2 heterocycles. The molecule has 9 heteroatoms. The second-order valence-corrected chi connectivity index (χ2v) is 8.59. The van der Waals surface area contributed by atoms with E-state index < -0.39 is 12.1 Å². The lowest BCUT2D eigenvalue weighted by Crippen LogP contribution is -2.60. The average Bonchev–Trinajstić information content (AvgIpc) is 3.19. The van der Waals surface area contributed by atoms with Crippen LogP contribution in [0.1, 0.15) is 44.7 Å². The van der Waals surface area contributed by atoms with Crippen molar-refractivity contribution in [1.82, 2.24) is 24.4 Å². The standard InChI is InChI=1S/C22H31N5O4/c1-7-26(22(29)30)18-12-14(2)27(6,15(3)28)19-9-8-16(13-17(18)19)21-23-20(31-24-21)10-11-25(4)5/h8-9,13-14,18H,7,10-12H2,1-6H3/t14-,18+,27?/m0/s1. The van der Waals surface area contributed by atoms with Gasteiger partial charge in [-0.05, 0) is 40.1 Å². The van der Waals surface area contributed by atoms with Crippen molar-refractivity contribution >= 4 is 17.7 Å². The first-order valence-corrected chi connectivity index (χ1v) is 10.6. The van der Waals surface area contributed by atoms with Crippen molar-refractivity contribution in [2.45, 2.75) is 45.7 Å². The maximum Gasteiger partial charge on any atom is 0.315 e. The molecule has 0 N–H and O–H groups in total. The van der Waals surface area contributed by atoms with E-state index in [-0.39, 0.29) is 16.4 Å². The van der Waals surface area contributed by atoms with Gasteiger partial charge in [-0.3, -0.25) is 0 Å². The van der Waals surface area contributed by atoms with Gasteiger partial charge in [0.15, 0.2) is 0 Å². The zero-order valence-corrected chi connectivity index (χ0v) is 19.1. The topological polar surface area (TPSA) is 103 Å². The number of rotatable bonds is 6. The monoisotopic (exact) mass is 429 g/mol. The third-order valence-electron chi connectivity index (χ3n) is 6.44. The molecule has 1 aliphatic rings. The Bertz CT molecular complexity index is 973. The number of nitrogens with zero attached hydrogens (tertiary/aromatic N) is 5. The van der Waals surface area contributed by atoms with Crippen LogP contribution in [0, 0.1) is 0 Å². The van der Waals surface area contributed by atoms with Crippen molar-refractivity contribution < 1.29 is 19.2 Å². The highest BCUT2D eigenvalue weighted by Crippen LogP contribution is 2.45. The van der Waals surface area contributed by atoms with Crippen LogP contribution in [-0.2, 0) is 11.2 Å². The first-order chi connectivity index (χ1) is 14.6. The van der Waals surface area contributed by atoms with Crippen molar-refractivity contribution in [1.29, 1.82) is 0 Å². The Balaban J connectivity index is 2.08. The number of likely N-dealkylation sites (N-methyl/N-ethyl adjacent to an activating group) is 1. The number of hydrogen-bond donors (Lipinski definition) is 0. The average molecular weight is 430 g/mol. The molecule has 0 saturated heterocycles. The van der Waals surface area contributed by atoms with Crippen molar-refractivity contribution in [2.24, 2.45) is 0 Å². The molecule has 1 aliphatic heterocycles. The van der Waals surface area contributed by atoms with Crippen LogP contribution in [0.3, 0.4) is 0 Å². The van der Waals surface area contributed by atoms with Gasteiger partial charge < -0.3 is 24.2 Å². The van der Waals surface area contributed by atoms with Gasteiger partial charge in [0, 0.05) is 43.1 Å². The summed E-state index contributed by atoms with van der Waals surface area (Å²) in [5, 5.41) is 15.9. The summed E-state index contributed by atoms with van der Waals surface area (Å²) in [5.41, 5.74) is 2.29. The number of benzene rings is 1. The molecule has 3 atom stereocenters. The van der Waals surface area contributed by atoms with Crippen LogP contribution in [-0.4, -0.2) is 72.2 Å². The van der Waals surface area contributed by atoms with Crippen LogP contribution in [0.2, 0.25) is 0 Å². The summed E-state index contributed by atoms with van der Waals surface area (Å²) in [5.74, 6) is 0.991. The van der Waals surface area contributed by atoms with Crippen molar-refractivity contribution in [3.8, 4) is 11.4 Å². The van der Waals surface area contributed by atoms with Crippen LogP contribution < -0.4 is 9.59 Å². The van der Waals surface area contributed by atoms with Crippen molar-refractivity contribution in [3.05, 3.63) is 29.7 Å². The molecular weight excluding hydrogens is 398 g/mol. The minimum absolute atomic E-state index is 0.00183. The Labute approximate surface area is 182 Å². The highest BCUT2D eigenvalue weighted by atomic mass is 16.5. The molecule has 31 heavy (non-hydrogen) atoms. The van der Waals surface area contributed by atoms with Gasteiger partial charge in [0.25, 0.3) is 0 Å². The van der Waals surface area contributed by atoms with E-state index >= 15 is 0 Å². The van der Waals surface area contributed by atoms with E-state index in [2.05, 4.69) is 10.1 Å². The molecule has 0 fully saturated rings. The molecule has 1 aromatic heterocycles. The number of carbonyl (C=O) groups is 2. The van der Waals surface area contributed by atoms with Crippen LogP contribution in [0.4, 0.5) is 10.5 Å². The van der Waals surface area contributed by atoms with Crippen LogP contribution in [0.5, 0.6) is 0 Å².